The standard InChI is InChI=1S/C31H48O6.C25H32ClFO5.Na/c1-17(2)9-8-10-20(28(35)36)26-22-15-24(34)27-29(5)13-12-23(33)18(3)21(29)11-14-30(27,6)31(22,7)16-25(26)37-19(4)32;1-5-21(31)32-25(20(30)13-26)14(2)10-18-17-7-6-15-11-16(28)8-9-22(15,3)24(17,27)19(29)12-23(18,25)4;/h9,18,21-25,27,33-34H,8,10-16H2,1-7H3,(H,35,36);8-9,11,14,17-19,29H,5-7,10,12-13H2,1-4H3;/q;;+1/p-1/b26-20-;;/t18-,21-,22-,23+,24+,25-,27-,29-,30-,31-;14-,17-,18-,19-,22-,23-,24-,25-;/m00./s1. The van der Waals surface area contributed by atoms with Crippen LogP contribution in [0.3, 0.4) is 0 Å². The van der Waals surface area contributed by atoms with Crippen molar-refractivity contribution in [2.24, 2.45) is 68.5 Å². The Balaban J connectivity index is 0.000000229. The van der Waals surface area contributed by atoms with Gasteiger partial charge in [-0.2, -0.15) is 0 Å². The minimum Gasteiger partial charge on any atom is -0.545 e. The molecule has 0 amide bonds. The summed E-state index contributed by atoms with van der Waals surface area (Å²) in [5.41, 5.74) is -3.52. The van der Waals surface area contributed by atoms with Gasteiger partial charge in [-0.3, -0.25) is 19.2 Å². The van der Waals surface area contributed by atoms with E-state index in [-0.39, 0.29) is 117 Å². The zero-order valence-corrected chi connectivity index (χ0v) is 46.7. The number of carboxylic acids is 1. The summed E-state index contributed by atoms with van der Waals surface area (Å²) in [6.45, 7) is 21.5. The maximum atomic E-state index is 17.2. The van der Waals surface area contributed by atoms with Crippen molar-refractivity contribution >= 4 is 41.1 Å². The number of ketones is 2. The Labute approximate surface area is 442 Å². The van der Waals surface area contributed by atoms with Gasteiger partial charge in [0.25, 0.3) is 0 Å². The van der Waals surface area contributed by atoms with E-state index in [1.54, 1.807) is 19.9 Å². The van der Waals surface area contributed by atoms with Gasteiger partial charge in [-0.1, -0.05) is 71.8 Å². The van der Waals surface area contributed by atoms with Crippen LogP contribution in [0.5, 0.6) is 0 Å². The quantitative estimate of drug-likeness (QED) is 0.0879. The number of hydrogen-bond acceptors (Lipinski definition) is 11. The first kappa shape index (κ1) is 57.1. The summed E-state index contributed by atoms with van der Waals surface area (Å²) in [6.07, 6.45) is 10.6. The number of hydrogen-bond donors (Lipinski definition) is 3. The second-order valence-corrected chi connectivity index (χ2v) is 24.4. The van der Waals surface area contributed by atoms with Gasteiger partial charge in [0, 0.05) is 36.0 Å². The first-order valence-electron chi connectivity index (χ1n) is 25.8. The summed E-state index contributed by atoms with van der Waals surface area (Å²) >= 11 is 6.01. The molecule has 0 bridgehead atoms. The van der Waals surface area contributed by atoms with Crippen molar-refractivity contribution in [3.05, 3.63) is 46.6 Å². The Bertz CT molecular complexity index is 2240. The summed E-state index contributed by atoms with van der Waals surface area (Å²) in [7, 11) is 0. The summed E-state index contributed by atoms with van der Waals surface area (Å²) in [4.78, 5) is 62.4. The van der Waals surface area contributed by atoms with Gasteiger partial charge in [-0.25, -0.2) is 4.39 Å². The summed E-state index contributed by atoms with van der Waals surface area (Å²) < 4.78 is 28.9. The van der Waals surface area contributed by atoms with Crippen molar-refractivity contribution in [3.63, 3.8) is 0 Å². The number of carbonyl (C=O) groups is 5. The fourth-order valence-corrected chi connectivity index (χ4v) is 17.7. The molecule has 0 heterocycles. The van der Waals surface area contributed by atoms with Crippen LogP contribution in [0.1, 0.15) is 160 Å². The van der Waals surface area contributed by atoms with Crippen molar-refractivity contribution in [1.29, 1.82) is 0 Å². The molecule has 8 aliphatic rings. The molecule has 8 rings (SSSR count). The number of carbonyl (C=O) groups excluding carboxylic acids is 5. The van der Waals surface area contributed by atoms with E-state index in [9.17, 15) is 44.4 Å². The van der Waals surface area contributed by atoms with E-state index in [2.05, 4.69) is 27.7 Å². The minimum atomic E-state index is -1.99. The van der Waals surface area contributed by atoms with E-state index in [4.69, 9.17) is 21.1 Å². The van der Waals surface area contributed by atoms with Crippen LogP contribution in [0.25, 0.3) is 0 Å². The maximum Gasteiger partial charge on any atom is 1.00 e. The molecule has 0 unspecified atom stereocenters. The first-order valence-corrected chi connectivity index (χ1v) is 26.4. The predicted octanol–water partition coefficient (Wildman–Crippen LogP) is 5.44. The molecule has 7 fully saturated rings. The van der Waals surface area contributed by atoms with Gasteiger partial charge in [-0.15, -0.1) is 11.6 Å². The largest absolute Gasteiger partial charge is 1.00 e. The number of halogens is 2. The number of fused-ring (bicyclic) bond motifs is 10. The van der Waals surface area contributed by atoms with E-state index in [0.717, 1.165) is 31.3 Å². The Morgan fingerprint density at radius 2 is 1.57 bits per heavy atom. The molecule has 11 nitrogen and oxygen atoms in total. The molecule has 0 aromatic carbocycles. The van der Waals surface area contributed by atoms with E-state index < -0.39 is 64.2 Å². The van der Waals surface area contributed by atoms with E-state index in [0.29, 0.717) is 62.0 Å². The number of allylic oxidation sites excluding steroid dienone is 6. The van der Waals surface area contributed by atoms with Gasteiger partial charge in [0.05, 0.1) is 30.2 Å². The molecular formula is C56H79ClFNaO11. The normalized spacial score (nSPS) is 46.0. The van der Waals surface area contributed by atoms with E-state index in [1.807, 2.05) is 33.8 Å². The first-order chi connectivity index (χ1) is 32.1. The topological polar surface area (TPSA) is 188 Å². The van der Waals surface area contributed by atoms with Crippen molar-refractivity contribution in [1.82, 2.24) is 0 Å². The fraction of sp³-hybridized carbons (Fsp3) is 0.768. The van der Waals surface area contributed by atoms with Crippen LogP contribution in [-0.2, 0) is 33.4 Å². The molecule has 18 atom stereocenters. The Morgan fingerprint density at radius 1 is 0.900 bits per heavy atom. The van der Waals surface area contributed by atoms with Gasteiger partial charge in [0.15, 0.2) is 22.8 Å². The summed E-state index contributed by atoms with van der Waals surface area (Å²) in [5, 5.41) is 46.4. The molecule has 0 spiro atoms. The molecule has 70 heavy (non-hydrogen) atoms. The number of ether oxygens (including phenoxy) is 2. The average Bonchev–Trinajstić information content (AvgIpc) is 3.66. The predicted molar refractivity (Wildman–Crippen MR) is 258 cm³/mol. The van der Waals surface area contributed by atoms with Crippen LogP contribution in [0, 0.1) is 68.5 Å². The molecule has 384 valence electrons. The fourth-order valence-electron chi connectivity index (χ4n) is 17.5. The molecule has 0 aromatic heterocycles. The number of aliphatic carboxylic acids is 1. The number of alkyl halides is 2. The summed E-state index contributed by atoms with van der Waals surface area (Å²) in [5.74, 6) is -3.82. The van der Waals surface area contributed by atoms with Crippen LogP contribution >= 0.6 is 11.6 Å². The van der Waals surface area contributed by atoms with Crippen LogP contribution in [0.4, 0.5) is 4.39 Å². The molecule has 0 saturated heterocycles. The molecule has 0 radical (unpaired) electrons. The van der Waals surface area contributed by atoms with Gasteiger partial charge in [0.1, 0.15) is 6.10 Å². The average molecular weight is 1010 g/mol. The van der Waals surface area contributed by atoms with Crippen molar-refractivity contribution < 1.29 is 87.8 Å². The third-order valence-electron chi connectivity index (χ3n) is 20.8. The molecule has 0 aliphatic heterocycles. The van der Waals surface area contributed by atoms with Crippen LogP contribution < -0.4 is 34.7 Å². The Hall–Kier alpha value is -2.19. The smallest absolute Gasteiger partial charge is 0.545 e. The van der Waals surface area contributed by atoms with Crippen LogP contribution in [-0.4, -0.2) is 86.4 Å². The monoisotopic (exact) mass is 1000 g/mol. The molecule has 14 heteroatoms. The number of carboxylic acid groups (broad SMARTS) is 1. The maximum absolute atomic E-state index is 17.2. The SMILES string of the molecule is CC(=O)O[C@H]1C[C@@]2(C)[C@@H](C[C@@H](O)[C@H]3[C@@]4(C)CC[C@@H](O)[C@@H](C)[C@@H]4CC[C@@]32C)/C1=C(\CCC=C(C)C)C(=O)[O-].CCC(=O)O[C@]1(C(=O)CCl)[C@@H](C)C[C@H]2[C@@H]3CCC4=CC(=O)C=C[C@]4(C)[C@@]3(F)[C@@H](O)C[C@@]21C.[Na+]. The Morgan fingerprint density at radius 3 is 2.17 bits per heavy atom. The third kappa shape index (κ3) is 8.46. The molecule has 0 aromatic rings. The van der Waals surface area contributed by atoms with Crippen molar-refractivity contribution in [2.45, 2.75) is 195 Å². The van der Waals surface area contributed by atoms with Crippen LogP contribution in [0.2, 0.25) is 0 Å². The van der Waals surface area contributed by atoms with Gasteiger partial charge < -0.3 is 34.7 Å². The summed E-state index contributed by atoms with van der Waals surface area (Å²) in [6, 6.07) is 0. The van der Waals surface area contributed by atoms with Gasteiger partial charge >= 0.3 is 41.5 Å². The van der Waals surface area contributed by atoms with Crippen molar-refractivity contribution in [3.8, 4) is 0 Å². The van der Waals surface area contributed by atoms with E-state index >= 15 is 4.39 Å². The van der Waals surface area contributed by atoms with Gasteiger partial charge in [-0.05, 0) is 167 Å². The zero-order valence-electron chi connectivity index (χ0n) is 43.9. The number of aliphatic hydroxyl groups excluding tert-OH is 3. The Kier molecular flexibility index (Phi) is 16.4. The zero-order chi connectivity index (χ0) is 51.2. The minimum absolute atomic E-state index is 0. The number of Topliss-reactive ketones (excluding diaryl/α,β-unsaturated/α-hetero) is 1. The molecule has 7 saturated carbocycles. The third-order valence-corrected chi connectivity index (χ3v) is 21.1. The second-order valence-electron chi connectivity index (χ2n) is 24.1. The number of esters is 2. The van der Waals surface area contributed by atoms with E-state index in [1.165, 1.54) is 19.1 Å². The number of aliphatic hydroxyl groups is 3. The number of rotatable bonds is 9. The van der Waals surface area contributed by atoms with Crippen LogP contribution in [0.15, 0.2) is 46.6 Å². The van der Waals surface area contributed by atoms with Crippen molar-refractivity contribution in [2.75, 3.05) is 5.88 Å². The molecule has 8 aliphatic carbocycles. The molecule has 3 N–H and O–H groups in total. The molecular weight excluding hydrogens is 926 g/mol. The van der Waals surface area contributed by atoms with Gasteiger partial charge in [0.2, 0.25) is 0 Å². The second kappa shape index (κ2) is 20.2.